The molecule has 2 N–H and O–H groups in total. The second-order valence-electron chi connectivity index (χ2n) is 10.6. The van der Waals surface area contributed by atoms with E-state index in [4.69, 9.17) is 4.74 Å². The Labute approximate surface area is 222 Å². The van der Waals surface area contributed by atoms with Crippen LogP contribution in [0.25, 0.3) is 0 Å². The van der Waals surface area contributed by atoms with E-state index in [0.717, 1.165) is 43.5 Å². The lowest BCUT2D eigenvalue weighted by molar-refractivity contribution is -0.144. The monoisotopic (exact) mass is 527 g/mol. The number of anilines is 1. The van der Waals surface area contributed by atoms with Gasteiger partial charge in [-0.2, -0.15) is 0 Å². The van der Waals surface area contributed by atoms with E-state index in [1.54, 1.807) is 9.80 Å². The van der Waals surface area contributed by atoms with Crippen molar-refractivity contribution in [1.82, 2.24) is 19.6 Å². The molecule has 4 heterocycles. The van der Waals surface area contributed by atoms with Crippen molar-refractivity contribution < 1.29 is 29.0 Å². The van der Waals surface area contributed by atoms with Gasteiger partial charge in [0.1, 0.15) is 6.04 Å². The van der Waals surface area contributed by atoms with Gasteiger partial charge in [0.15, 0.2) is 6.61 Å². The summed E-state index contributed by atoms with van der Waals surface area (Å²) < 4.78 is 5.35. The Balaban J connectivity index is 1.03. The van der Waals surface area contributed by atoms with Crippen LogP contribution in [0.15, 0.2) is 24.3 Å². The maximum absolute atomic E-state index is 12.8. The first-order chi connectivity index (χ1) is 18.4. The lowest BCUT2D eigenvalue weighted by Gasteiger charge is -2.38. The van der Waals surface area contributed by atoms with Gasteiger partial charge in [-0.3, -0.25) is 14.5 Å². The summed E-state index contributed by atoms with van der Waals surface area (Å²) in [7, 11) is 0. The molecule has 11 heteroatoms. The molecule has 5 rings (SSSR count). The van der Waals surface area contributed by atoms with Gasteiger partial charge >= 0.3 is 18.1 Å². The van der Waals surface area contributed by atoms with Gasteiger partial charge in [0.05, 0.1) is 0 Å². The molecule has 1 unspecified atom stereocenters. The number of aliphatic carboxylic acids is 1. The summed E-state index contributed by atoms with van der Waals surface area (Å²) in [5, 5.41) is 12.4. The topological polar surface area (TPSA) is 123 Å². The molecule has 0 bridgehead atoms. The van der Waals surface area contributed by atoms with Crippen molar-refractivity contribution in [2.45, 2.75) is 63.1 Å². The zero-order valence-electron chi connectivity index (χ0n) is 21.7. The summed E-state index contributed by atoms with van der Waals surface area (Å²) in [5.74, 6) is -0.985. The Kier molecular flexibility index (Phi) is 8.01. The molecule has 0 spiro atoms. The molecule has 0 radical (unpaired) electrons. The predicted octanol–water partition coefficient (Wildman–Crippen LogP) is 2.22. The maximum atomic E-state index is 12.8. The zero-order valence-corrected chi connectivity index (χ0v) is 21.7. The third-order valence-electron chi connectivity index (χ3n) is 8.49. The lowest BCUT2D eigenvalue weighted by atomic mass is 10.0. The summed E-state index contributed by atoms with van der Waals surface area (Å²) in [5.41, 5.74) is 1.98. The van der Waals surface area contributed by atoms with Crippen molar-refractivity contribution in [3.8, 4) is 0 Å². The summed E-state index contributed by atoms with van der Waals surface area (Å²) in [6, 6.07) is 7.54. The van der Waals surface area contributed by atoms with Gasteiger partial charge in [-0.05, 0) is 63.1 Å². The fourth-order valence-electron chi connectivity index (χ4n) is 6.34. The molecule has 0 aromatic heterocycles. The maximum Gasteiger partial charge on any atom is 0.410 e. The van der Waals surface area contributed by atoms with Crippen LogP contribution in [0.4, 0.5) is 15.3 Å². The molecule has 4 amide bonds. The van der Waals surface area contributed by atoms with Gasteiger partial charge in [-0.15, -0.1) is 0 Å². The van der Waals surface area contributed by atoms with E-state index in [0.29, 0.717) is 52.0 Å². The predicted molar refractivity (Wildman–Crippen MR) is 139 cm³/mol. The fourth-order valence-corrected chi connectivity index (χ4v) is 6.34. The summed E-state index contributed by atoms with van der Waals surface area (Å²) >= 11 is 0. The first-order valence-electron chi connectivity index (χ1n) is 13.7. The number of fused-ring (bicyclic) bond motifs is 1. The van der Waals surface area contributed by atoms with Crippen molar-refractivity contribution in [3.05, 3.63) is 29.8 Å². The van der Waals surface area contributed by atoms with E-state index in [2.05, 4.69) is 10.2 Å². The van der Waals surface area contributed by atoms with Crippen LogP contribution in [0.5, 0.6) is 0 Å². The van der Waals surface area contributed by atoms with Crippen LogP contribution in [0.2, 0.25) is 0 Å². The SMILES string of the molecule is O=C(O)C1CCCN1C1CCN(C(=O)COC(=O)N2CCC(N3CCc4ccccc4NC3=O)CC2)CC1. The van der Waals surface area contributed by atoms with Crippen LogP contribution in [0.1, 0.15) is 44.1 Å². The lowest BCUT2D eigenvalue weighted by Crippen LogP contribution is -2.51. The van der Waals surface area contributed by atoms with E-state index in [-0.39, 0.29) is 30.6 Å². The first-order valence-corrected chi connectivity index (χ1v) is 13.7. The number of benzene rings is 1. The number of amides is 4. The van der Waals surface area contributed by atoms with Crippen LogP contribution in [-0.4, -0.2) is 113 Å². The molecule has 11 nitrogen and oxygen atoms in total. The number of piperidine rings is 2. The van der Waals surface area contributed by atoms with Gasteiger partial charge in [0.2, 0.25) is 0 Å². The molecule has 1 atom stereocenters. The zero-order chi connectivity index (χ0) is 26.6. The molecule has 4 aliphatic rings. The van der Waals surface area contributed by atoms with Crippen LogP contribution in [0, 0.1) is 0 Å². The van der Waals surface area contributed by atoms with Gasteiger partial charge < -0.3 is 29.9 Å². The summed E-state index contributed by atoms with van der Waals surface area (Å²) in [6.07, 6.45) is 4.64. The number of carbonyl (C=O) groups excluding carboxylic acids is 3. The standard InChI is InChI=1S/C27H37N5O6/c33-24(29-13-8-20(9-14-29)31-12-3-6-23(31)25(34)35)18-38-27(37)30-15-10-21(11-16-30)32-17-7-19-4-1-2-5-22(19)28-26(32)36/h1-2,4-5,20-21,23H,3,6-18H2,(H,28,36)(H,34,35). The number of hydrogen-bond donors (Lipinski definition) is 2. The summed E-state index contributed by atoms with van der Waals surface area (Å²) in [4.78, 5) is 56.9. The molecular formula is C27H37N5O6. The van der Waals surface area contributed by atoms with Crippen LogP contribution < -0.4 is 5.32 Å². The number of rotatable bonds is 5. The van der Waals surface area contributed by atoms with Crippen LogP contribution >= 0.6 is 0 Å². The molecule has 1 aromatic carbocycles. The number of carbonyl (C=O) groups is 4. The van der Waals surface area contributed by atoms with Crippen molar-refractivity contribution in [2.24, 2.45) is 0 Å². The molecule has 3 saturated heterocycles. The molecular weight excluding hydrogens is 490 g/mol. The van der Waals surface area contributed by atoms with Gasteiger partial charge in [-0.25, -0.2) is 9.59 Å². The Morgan fingerprint density at radius 2 is 1.58 bits per heavy atom. The van der Waals surface area contributed by atoms with Gasteiger partial charge in [-0.1, -0.05) is 18.2 Å². The minimum atomic E-state index is -0.766. The molecule has 1 aromatic rings. The largest absolute Gasteiger partial charge is 0.480 e. The molecule has 0 saturated carbocycles. The van der Waals surface area contributed by atoms with E-state index >= 15 is 0 Å². The molecule has 206 valence electrons. The van der Waals surface area contributed by atoms with Crippen molar-refractivity contribution >= 4 is 29.7 Å². The Morgan fingerprint density at radius 1 is 0.895 bits per heavy atom. The number of urea groups is 1. The summed E-state index contributed by atoms with van der Waals surface area (Å²) in [6.45, 7) is 3.16. The van der Waals surface area contributed by atoms with E-state index in [9.17, 15) is 24.3 Å². The van der Waals surface area contributed by atoms with Crippen LogP contribution in [-0.2, 0) is 20.7 Å². The van der Waals surface area contributed by atoms with Crippen molar-refractivity contribution in [1.29, 1.82) is 0 Å². The van der Waals surface area contributed by atoms with E-state index in [1.807, 2.05) is 29.2 Å². The minimum Gasteiger partial charge on any atom is -0.480 e. The molecule has 3 fully saturated rings. The van der Waals surface area contributed by atoms with Gasteiger partial charge in [0, 0.05) is 50.5 Å². The van der Waals surface area contributed by atoms with Crippen molar-refractivity contribution in [3.63, 3.8) is 0 Å². The first kappa shape index (κ1) is 26.3. The number of nitrogens with zero attached hydrogens (tertiary/aromatic N) is 4. The van der Waals surface area contributed by atoms with E-state index in [1.165, 1.54) is 0 Å². The highest BCUT2D eigenvalue weighted by atomic mass is 16.6. The van der Waals surface area contributed by atoms with Crippen LogP contribution in [0.3, 0.4) is 0 Å². The van der Waals surface area contributed by atoms with Gasteiger partial charge in [0.25, 0.3) is 5.91 Å². The Hall–Kier alpha value is -3.34. The van der Waals surface area contributed by atoms with Crippen molar-refractivity contribution in [2.75, 3.05) is 51.2 Å². The number of hydrogen-bond acceptors (Lipinski definition) is 6. The molecule has 4 aliphatic heterocycles. The number of carboxylic acid groups (broad SMARTS) is 1. The third-order valence-corrected chi connectivity index (χ3v) is 8.49. The number of para-hydroxylation sites is 1. The van der Waals surface area contributed by atoms with E-state index < -0.39 is 18.1 Å². The highest BCUT2D eigenvalue weighted by molar-refractivity contribution is 5.91. The third kappa shape index (κ3) is 5.72. The second kappa shape index (κ2) is 11.6. The second-order valence-corrected chi connectivity index (χ2v) is 10.6. The Bertz CT molecular complexity index is 1050. The molecule has 38 heavy (non-hydrogen) atoms. The average molecular weight is 528 g/mol. The Morgan fingerprint density at radius 3 is 2.32 bits per heavy atom. The quantitative estimate of drug-likeness (QED) is 0.602. The highest BCUT2D eigenvalue weighted by Gasteiger charge is 2.37. The fraction of sp³-hybridized carbons (Fsp3) is 0.630. The number of likely N-dealkylation sites (tertiary alicyclic amines) is 3. The average Bonchev–Trinajstić information content (AvgIpc) is 3.37. The number of ether oxygens (including phenoxy) is 1. The number of nitrogens with one attached hydrogen (secondary N) is 1. The highest BCUT2D eigenvalue weighted by Crippen LogP contribution is 2.27. The molecule has 0 aliphatic carbocycles. The number of carboxylic acids is 1. The minimum absolute atomic E-state index is 0.0487. The smallest absolute Gasteiger partial charge is 0.410 e. The normalized spacial score (nSPS) is 23.5.